The zero-order valence-corrected chi connectivity index (χ0v) is 10.7. The third-order valence-corrected chi connectivity index (χ3v) is 2.46. The lowest BCUT2D eigenvalue weighted by atomic mass is 10.0. The van der Waals surface area contributed by atoms with Gasteiger partial charge in [-0.2, -0.15) is 0 Å². The number of esters is 1. The molecule has 0 saturated carbocycles. The van der Waals surface area contributed by atoms with Crippen molar-refractivity contribution in [2.75, 3.05) is 13.7 Å². The largest absolute Gasteiger partial charge is 0.465 e. The van der Waals surface area contributed by atoms with E-state index in [1.54, 1.807) is 12.1 Å². The fourth-order valence-corrected chi connectivity index (χ4v) is 1.52. The van der Waals surface area contributed by atoms with Gasteiger partial charge in [0, 0.05) is 6.04 Å². The normalized spacial score (nSPS) is 11.5. The fourth-order valence-electron chi connectivity index (χ4n) is 1.52. The molecule has 0 radical (unpaired) electrons. The summed E-state index contributed by atoms with van der Waals surface area (Å²) in [6, 6.07) is 7.13. The van der Waals surface area contributed by atoms with E-state index in [1.165, 1.54) is 7.11 Å². The SMILES string of the molecule is COC(=O)c1cccc([C@@H](N)CCCN)c1.Cl. The van der Waals surface area contributed by atoms with Crippen LogP contribution in [0.2, 0.25) is 0 Å². The Labute approximate surface area is 108 Å². The second-order valence-electron chi connectivity index (χ2n) is 3.65. The Morgan fingerprint density at radius 1 is 1.47 bits per heavy atom. The molecule has 0 aromatic heterocycles. The molecule has 1 atom stereocenters. The first-order valence-electron chi connectivity index (χ1n) is 5.33. The van der Waals surface area contributed by atoms with Crippen molar-refractivity contribution in [2.24, 2.45) is 11.5 Å². The first kappa shape index (κ1) is 15.9. The van der Waals surface area contributed by atoms with Crippen molar-refractivity contribution >= 4 is 18.4 Å². The van der Waals surface area contributed by atoms with E-state index in [9.17, 15) is 4.79 Å². The van der Waals surface area contributed by atoms with E-state index in [2.05, 4.69) is 4.74 Å². The van der Waals surface area contributed by atoms with Gasteiger partial charge in [0.1, 0.15) is 0 Å². The lowest BCUT2D eigenvalue weighted by Gasteiger charge is -2.12. The van der Waals surface area contributed by atoms with Crippen LogP contribution in [0.5, 0.6) is 0 Å². The summed E-state index contributed by atoms with van der Waals surface area (Å²) in [5.74, 6) is -0.340. The number of rotatable bonds is 5. The highest BCUT2D eigenvalue weighted by Crippen LogP contribution is 2.17. The van der Waals surface area contributed by atoms with Crippen LogP contribution in [0, 0.1) is 0 Å². The number of nitrogens with two attached hydrogens (primary N) is 2. The van der Waals surface area contributed by atoms with Crippen molar-refractivity contribution in [1.82, 2.24) is 0 Å². The molecule has 5 heteroatoms. The van der Waals surface area contributed by atoms with Gasteiger partial charge < -0.3 is 16.2 Å². The Morgan fingerprint density at radius 2 is 2.18 bits per heavy atom. The average molecular weight is 259 g/mol. The lowest BCUT2D eigenvalue weighted by Crippen LogP contribution is -2.13. The first-order valence-corrected chi connectivity index (χ1v) is 5.33. The molecule has 1 rings (SSSR count). The predicted molar refractivity (Wildman–Crippen MR) is 70.2 cm³/mol. The zero-order valence-electron chi connectivity index (χ0n) is 9.89. The summed E-state index contributed by atoms with van der Waals surface area (Å²) >= 11 is 0. The summed E-state index contributed by atoms with van der Waals surface area (Å²) < 4.78 is 4.65. The molecule has 1 aromatic rings. The Balaban J connectivity index is 0.00000256. The number of benzene rings is 1. The molecule has 0 heterocycles. The molecular formula is C12H19ClN2O2. The van der Waals surface area contributed by atoms with E-state index in [4.69, 9.17) is 11.5 Å². The molecule has 0 fully saturated rings. The standard InChI is InChI=1S/C12H18N2O2.ClH/c1-16-12(15)10-5-2-4-9(8-10)11(14)6-3-7-13;/h2,4-5,8,11H,3,6-7,13-14H2,1H3;1H/t11-;/m0./s1. The van der Waals surface area contributed by atoms with Gasteiger partial charge in [0.15, 0.2) is 0 Å². The highest BCUT2D eigenvalue weighted by Gasteiger charge is 2.09. The van der Waals surface area contributed by atoms with Crippen LogP contribution in [0.1, 0.15) is 34.8 Å². The van der Waals surface area contributed by atoms with Crippen molar-refractivity contribution in [3.05, 3.63) is 35.4 Å². The molecule has 0 aliphatic carbocycles. The molecule has 0 spiro atoms. The van der Waals surface area contributed by atoms with Crippen molar-refractivity contribution < 1.29 is 9.53 Å². The minimum absolute atomic E-state index is 0. The van der Waals surface area contributed by atoms with E-state index in [1.807, 2.05) is 12.1 Å². The summed E-state index contributed by atoms with van der Waals surface area (Å²) in [7, 11) is 1.36. The molecule has 0 aliphatic heterocycles. The van der Waals surface area contributed by atoms with Crippen LogP contribution in [-0.2, 0) is 4.74 Å². The second kappa shape index (κ2) is 8.06. The van der Waals surface area contributed by atoms with Crippen LogP contribution in [0.3, 0.4) is 0 Å². The second-order valence-corrected chi connectivity index (χ2v) is 3.65. The minimum atomic E-state index is -0.340. The number of hydrogen-bond acceptors (Lipinski definition) is 4. The predicted octanol–water partition coefficient (Wildman–Crippen LogP) is 1.63. The van der Waals surface area contributed by atoms with E-state index < -0.39 is 0 Å². The van der Waals surface area contributed by atoms with Gasteiger partial charge in [-0.25, -0.2) is 4.79 Å². The maximum atomic E-state index is 11.3. The maximum absolute atomic E-state index is 11.3. The van der Waals surface area contributed by atoms with Gasteiger partial charge in [-0.1, -0.05) is 12.1 Å². The Bertz CT molecular complexity index is 358. The van der Waals surface area contributed by atoms with E-state index >= 15 is 0 Å². The molecule has 4 nitrogen and oxygen atoms in total. The quantitative estimate of drug-likeness (QED) is 0.787. The summed E-state index contributed by atoms with van der Waals surface area (Å²) in [5, 5.41) is 0. The molecule has 0 amide bonds. The van der Waals surface area contributed by atoms with Crippen LogP contribution in [0.4, 0.5) is 0 Å². The van der Waals surface area contributed by atoms with E-state index in [0.29, 0.717) is 12.1 Å². The summed E-state index contributed by atoms with van der Waals surface area (Å²) in [4.78, 5) is 11.3. The van der Waals surface area contributed by atoms with E-state index in [-0.39, 0.29) is 24.4 Å². The molecule has 0 unspecified atom stereocenters. The molecule has 1 aromatic carbocycles. The van der Waals surface area contributed by atoms with Gasteiger partial charge >= 0.3 is 5.97 Å². The van der Waals surface area contributed by atoms with Crippen LogP contribution in [0.15, 0.2) is 24.3 Å². The Morgan fingerprint density at radius 3 is 2.76 bits per heavy atom. The number of ether oxygens (including phenoxy) is 1. The topological polar surface area (TPSA) is 78.3 Å². The number of hydrogen-bond donors (Lipinski definition) is 2. The molecule has 4 N–H and O–H groups in total. The van der Waals surface area contributed by atoms with Crippen molar-refractivity contribution in [3.8, 4) is 0 Å². The highest BCUT2D eigenvalue weighted by molar-refractivity contribution is 5.89. The van der Waals surface area contributed by atoms with Gasteiger partial charge in [0.2, 0.25) is 0 Å². The Hall–Kier alpha value is -1.10. The summed E-state index contributed by atoms with van der Waals surface area (Å²) in [6.45, 7) is 0.629. The van der Waals surface area contributed by atoms with Gasteiger partial charge in [0.05, 0.1) is 12.7 Å². The Kier molecular flexibility index (Phi) is 7.54. The molecule has 17 heavy (non-hydrogen) atoms. The van der Waals surface area contributed by atoms with Crippen LogP contribution >= 0.6 is 12.4 Å². The number of methoxy groups -OCH3 is 1. The number of halogens is 1. The molecule has 0 aliphatic rings. The van der Waals surface area contributed by atoms with Crippen LogP contribution in [0.25, 0.3) is 0 Å². The minimum Gasteiger partial charge on any atom is -0.465 e. The maximum Gasteiger partial charge on any atom is 0.337 e. The third kappa shape index (κ3) is 4.73. The zero-order chi connectivity index (χ0) is 12.0. The van der Waals surface area contributed by atoms with Gasteiger partial charge in [0.25, 0.3) is 0 Å². The molecule has 0 bridgehead atoms. The van der Waals surface area contributed by atoms with Crippen LogP contribution in [-0.4, -0.2) is 19.6 Å². The van der Waals surface area contributed by atoms with Gasteiger partial charge in [-0.3, -0.25) is 0 Å². The van der Waals surface area contributed by atoms with Crippen LogP contribution < -0.4 is 11.5 Å². The molecular weight excluding hydrogens is 240 g/mol. The summed E-state index contributed by atoms with van der Waals surface area (Å²) in [5.41, 5.74) is 12.9. The number of carbonyl (C=O) groups is 1. The molecule has 0 saturated heterocycles. The average Bonchev–Trinajstić information content (AvgIpc) is 2.35. The molecule has 96 valence electrons. The highest BCUT2D eigenvalue weighted by atomic mass is 35.5. The monoisotopic (exact) mass is 258 g/mol. The first-order chi connectivity index (χ1) is 7.69. The van der Waals surface area contributed by atoms with Crippen molar-refractivity contribution in [2.45, 2.75) is 18.9 Å². The smallest absolute Gasteiger partial charge is 0.337 e. The fraction of sp³-hybridized carbons (Fsp3) is 0.417. The van der Waals surface area contributed by atoms with Crippen molar-refractivity contribution in [1.29, 1.82) is 0 Å². The lowest BCUT2D eigenvalue weighted by molar-refractivity contribution is 0.0600. The van der Waals surface area contributed by atoms with Gasteiger partial charge in [-0.05, 0) is 37.1 Å². The van der Waals surface area contributed by atoms with E-state index in [0.717, 1.165) is 18.4 Å². The number of carbonyl (C=O) groups excluding carboxylic acids is 1. The van der Waals surface area contributed by atoms with Gasteiger partial charge in [-0.15, -0.1) is 12.4 Å². The van der Waals surface area contributed by atoms with Crippen molar-refractivity contribution in [3.63, 3.8) is 0 Å². The summed E-state index contributed by atoms with van der Waals surface area (Å²) in [6.07, 6.45) is 1.70. The third-order valence-electron chi connectivity index (χ3n) is 2.46.